The van der Waals surface area contributed by atoms with Crippen molar-refractivity contribution in [3.63, 3.8) is 0 Å². The van der Waals surface area contributed by atoms with Crippen molar-refractivity contribution in [1.29, 1.82) is 0 Å². The molecule has 0 saturated carbocycles. The predicted octanol–water partition coefficient (Wildman–Crippen LogP) is 10.7. The number of fused-ring (bicyclic) bond motifs is 2. The lowest BCUT2D eigenvalue weighted by molar-refractivity contribution is -0.387. The smallest absolute Gasteiger partial charge is 0.313 e. The van der Waals surface area contributed by atoms with Crippen LogP contribution < -0.4 is 35.5 Å². The second kappa shape index (κ2) is 20.6. The number of nitrogens with zero attached hydrogens (tertiary/aromatic N) is 8. The molecular formula is C51H53FN12O9. The molecule has 0 saturated heterocycles. The molecule has 4 heterocycles. The van der Waals surface area contributed by atoms with Gasteiger partial charge in [-0.25, -0.2) is 19.9 Å². The van der Waals surface area contributed by atoms with Gasteiger partial charge in [-0.2, -0.15) is 4.39 Å². The van der Waals surface area contributed by atoms with Gasteiger partial charge in [0.15, 0.2) is 0 Å². The van der Waals surface area contributed by atoms with Gasteiger partial charge in [-0.3, -0.25) is 29.8 Å². The van der Waals surface area contributed by atoms with Crippen LogP contribution in [0.2, 0.25) is 0 Å². The second-order valence-electron chi connectivity index (χ2n) is 18.7. The Labute approximate surface area is 418 Å². The third-order valence-electron chi connectivity index (χ3n) is 11.4. The largest absolute Gasteiger partial charge is 0.494 e. The van der Waals surface area contributed by atoms with Crippen LogP contribution in [-0.4, -0.2) is 72.1 Å². The van der Waals surface area contributed by atoms with Gasteiger partial charge in [-0.15, -0.1) is 0 Å². The van der Waals surface area contributed by atoms with Gasteiger partial charge < -0.3 is 44.6 Å². The predicted molar refractivity (Wildman–Crippen MR) is 276 cm³/mol. The zero-order valence-electron chi connectivity index (χ0n) is 41.9. The number of hydrogen-bond donors (Lipinski definition) is 4. The summed E-state index contributed by atoms with van der Waals surface area (Å²) in [6.45, 7) is 10.8. The van der Waals surface area contributed by atoms with Crippen molar-refractivity contribution >= 4 is 79.6 Å². The maximum atomic E-state index is 14.1. The molecule has 4 aromatic heterocycles. The van der Waals surface area contributed by atoms with Crippen LogP contribution in [0, 0.1) is 36.9 Å². The van der Waals surface area contributed by atoms with E-state index in [-0.39, 0.29) is 52.3 Å². The Kier molecular flexibility index (Phi) is 14.6. The molecule has 2 amide bonds. The van der Waals surface area contributed by atoms with E-state index in [1.807, 2.05) is 105 Å². The Balaban J connectivity index is 0.000000214. The highest BCUT2D eigenvalue weighted by molar-refractivity contribution is 6.04. The number of carbonyl (C=O) groups excluding carboxylic acids is 2. The lowest BCUT2D eigenvalue weighted by Gasteiger charge is -2.19. The van der Waals surface area contributed by atoms with Gasteiger partial charge in [-0.1, -0.05) is 77.9 Å². The molecule has 0 aliphatic rings. The lowest BCUT2D eigenvalue weighted by Crippen LogP contribution is -2.28. The fourth-order valence-electron chi connectivity index (χ4n) is 7.47. The first-order valence-corrected chi connectivity index (χ1v) is 22.4. The summed E-state index contributed by atoms with van der Waals surface area (Å²) in [5.41, 5.74) is 3.41. The molecule has 4 aromatic carbocycles. The summed E-state index contributed by atoms with van der Waals surface area (Å²) in [6, 6.07) is 20.3. The van der Waals surface area contributed by atoms with Gasteiger partial charge >= 0.3 is 11.4 Å². The number of nitrogens with one attached hydrogen (secondary N) is 4. The Hall–Kier alpha value is -9.21. The van der Waals surface area contributed by atoms with Gasteiger partial charge in [0.1, 0.15) is 22.9 Å². The number of ether oxygens (including phenoxy) is 3. The van der Waals surface area contributed by atoms with Gasteiger partial charge in [-0.05, 0) is 12.1 Å². The molecule has 378 valence electrons. The first-order valence-electron chi connectivity index (χ1n) is 22.4. The number of hydrogen-bond acceptors (Lipinski definition) is 15. The molecule has 0 spiro atoms. The lowest BCUT2D eigenvalue weighted by atomic mass is 9.95. The Morgan fingerprint density at radius 2 is 0.986 bits per heavy atom. The van der Waals surface area contributed by atoms with Crippen molar-refractivity contribution in [2.24, 2.45) is 24.9 Å². The summed E-state index contributed by atoms with van der Waals surface area (Å²) in [5.74, 6) is -0.790. The van der Waals surface area contributed by atoms with Crippen LogP contribution in [0.3, 0.4) is 0 Å². The number of para-hydroxylation sites is 2. The second-order valence-corrected chi connectivity index (χ2v) is 18.7. The monoisotopic (exact) mass is 996 g/mol. The molecule has 21 nitrogen and oxygen atoms in total. The molecule has 8 aromatic rings. The van der Waals surface area contributed by atoms with Crippen LogP contribution in [0.1, 0.15) is 41.5 Å². The molecule has 22 heteroatoms. The summed E-state index contributed by atoms with van der Waals surface area (Å²) < 4.78 is 33.7. The van der Waals surface area contributed by atoms with E-state index in [0.29, 0.717) is 28.5 Å². The quantitative estimate of drug-likeness (QED) is 0.0618. The first-order chi connectivity index (χ1) is 34.5. The molecule has 0 bridgehead atoms. The molecule has 0 aliphatic heterocycles. The number of aromatic nitrogens is 6. The molecule has 0 fully saturated rings. The van der Waals surface area contributed by atoms with Crippen LogP contribution in [-0.2, 0) is 23.7 Å². The van der Waals surface area contributed by atoms with Gasteiger partial charge in [0.2, 0.25) is 35.3 Å². The number of halogens is 1. The van der Waals surface area contributed by atoms with Crippen molar-refractivity contribution in [3.05, 3.63) is 124 Å². The number of nitro benzene ring substituents is 2. The summed E-state index contributed by atoms with van der Waals surface area (Å²) in [4.78, 5) is 65.1. The van der Waals surface area contributed by atoms with Crippen LogP contribution in [0.4, 0.5) is 50.4 Å². The summed E-state index contributed by atoms with van der Waals surface area (Å²) in [5, 5.41) is 36.4. The highest BCUT2D eigenvalue weighted by Crippen LogP contribution is 2.41. The minimum Gasteiger partial charge on any atom is -0.494 e. The summed E-state index contributed by atoms with van der Waals surface area (Å²) in [7, 11) is 7.95. The third kappa shape index (κ3) is 11.1. The van der Waals surface area contributed by atoms with E-state index in [1.165, 1.54) is 45.9 Å². The van der Waals surface area contributed by atoms with Gasteiger partial charge in [0.05, 0.1) is 66.3 Å². The molecule has 0 unspecified atom stereocenters. The third-order valence-corrected chi connectivity index (χ3v) is 11.4. The number of methoxy groups -OCH3 is 3. The number of rotatable bonds is 13. The van der Waals surface area contributed by atoms with E-state index in [2.05, 4.69) is 36.2 Å². The number of nitro groups is 2. The maximum Gasteiger partial charge on any atom is 0.313 e. The summed E-state index contributed by atoms with van der Waals surface area (Å²) >= 11 is 0. The molecule has 0 radical (unpaired) electrons. The average molecular weight is 997 g/mol. The molecule has 8 rings (SSSR count). The fourth-order valence-corrected chi connectivity index (χ4v) is 7.47. The van der Waals surface area contributed by atoms with Crippen molar-refractivity contribution in [3.8, 4) is 39.8 Å². The van der Waals surface area contributed by atoms with Gasteiger partial charge in [0, 0.05) is 94.5 Å². The minimum atomic E-state index is -1.03. The number of aryl methyl sites for hydroxylation is 2. The zero-order chi connectivity index (χ0) is 53.1. The van der Waals surface area contributed by atoms with E-state index in [9.17, 15) is 34.2 Å². The van der Waals surface area contributed by atoms with E-state index in [4.69, 9.17) is 19.2 Å². The fraction of sp³-hybridized carbons (Fsp3) is 0.255. The van der Waals surface area contributed by atoms with Crippen molar-refractivity contribution in [2.75, 3.05) is 42.6 Å². The SMILES string of the molecule is COc1cc(F)c([N+](=O)[O-])cc1Nc1ncc(NC(=O)C(C)(C)C)c(-c2cn(C)c3ccccc23)n1.COc1cc(OC)c([N+](=O)[O-])cc1Nc1ncc(NC(=O)C(C)(C)C)c(-c2cn(C)c3ccccc23)n1. The number of benzene rings is 4. The van der Waals surface area contributed by atoms with E-state index in [1.54, 1.807) is 20.8 Å². The molecule has 4 N–H and O–H groups in total. The molecule has 0 aliphatic carbocycles. The van der Waals surface area contributed by atoms with Crippen LogP contribution in [0.5, 0.6) is 17.2 Å². The standard InChI is InChI=1S/C26H28N6O5.C25H25FN6O4/c1-26(2,3)24(33)28-18-13-27-25(29-17-11-20(32(34)35)22(37-6)12-21(17)36-5)30-23(18)16-14-31(4)19-10-8-7-9-15(16)19;1-25(2,3)23(33)28-18-12-27-24(29-17-11-20(32(34)35)16(26)10-21(17)36-5)30-22(18)15-13-31(4)19-9-7-6-8-14(15)19/h7-14H,1-6H3,(H,28,33)(H,27,29,30);6-13H,1-5H3,(H,28,33)(H,27,29,30). The average Bonchev–Trinajstić information content (AvgIpc) is 3.87. The number of anilines is 6. The maximum absolute atomic E-state index is 14.1. The topological polar surface area (TPSA) is 258 Å². The minimum absolute atomic E-state index is 0.0403. The highest BCUT2D eigenvalue weighted by Gasteiger charge is 2.27. The summed E-state index contributed by atoms with van der Waals surface area (Å²) in [6.07, 6.45) is 6.80. The number of amides is 2. The van der Waals surface area contributed by atoms with E-state index in [0.717, 1.165) is 45.1 Å². The molecule has 73 heavy (non-hydrogen) atoms. The van der Waals surface area contributed by atoms with Crippen molar-refractivity contribution in [1.82, 2.24) is 29.1 Å². The van der Waals surface area contributed by atoms with Crippen LogP contribution in [0.15, 0.2) is 97.6 Å². The van der Waals surface area contributed by atoms with Crippen molar-refractivity contribution in [2.45, 2.75) is 41.5 Å². The van der Waals surface area contributed by atoms with E-state index >= 15 is 0 Å². The van der Waals surface area contributed by atoms with E-state index < -0.39 is 32.2 Å². The zero-order valence-corrected chi connectivity index (χ0v) is 41.9. The van der Waals surface area contributed by atoms with Crippen LogP contribution >= 0.6 is 0 Å². The molecule has 0 atom stereocenters. The Bertz CT molecular complexity index is 3450. The first kappa shape index (κ1) is 51.6. The molecular weight excluding hydrogens is 944 g/mol. The normalized spacial score (nSPS) is 11.3. The van der Waals surface area contributed by atoms with Crippen molar-refractivity contribution < 1.29 is 38.0 Å². The highest BCUT2D eigenvalue weighted by atomic mass is 19.1. The number of carbonyl (C=O) groups is 2. The Morgan fingerprint density at radius 1 is 0.589 bits per heavy atom. The van der Waals surface area contributed by atoms with Crippen LogP contribution in [0.25, 0.3) is 44.3 Å². The van der Waals surface area contributed by atoms with Gasteiger partial charge in [0.25, 0.3) is 0 Å². The Morgan fingerprint density at radius 3 is 1.38 bits per heavy atom.